The number of piperidine rings is 1. The van der Waals surface area contributed by atoms with Gasteiger partial charge in [-0.2, -0.15) is 0 Å². The molecule has 2 N–H and O–H groups in total. The quantitative estimate of drug-likeness (QED) is 0.607. The summed E-state index contributed by atoms with van der Waals surface area (Å²) in [5, 5.41) is 7.64. The van der Waals surface area contributed by atoms with E-state index in [2.05, 4.69) is 24.5 Å². The molecule has 1 aliphatic heterocycles. The molecule has 0 radical (unpaired) electrons. The first-order valence-electron chi connectivity index (χ1n) is 10.8. The van der Waals surface area contributed by atoms with Crippen LogP contribution in [-0.2, 0) is 6.61 Å². The molecule has 4 rings (SSSR count). The normalized spacial score (nSPS) is 21.5. The smallest absolute Gasteiger partial charge is 0.255 e. The second-order valence-electron chi connectivity index (χ2n) is 8.28. The summed E-state index contributed by atoms with van der Waals surface area (Å²) in [4.78, 5) is 13.2. The number of ether oxygens (including phenoxy) is 1. The van der Waals surface area contributed by atoms with Crippen molar-refractivity contribution in [1.82, 2.24) is 10.6 Å². The molecule has 3 atom stereocenters. The second kappa shape index (κ2) is 8.92. The molecule has 158 valence electrons. The average molecular weight is 407 g/mol. The lowest BCUT2D eigenvalue weighted by atomic mass is 9.93. The van der Waals surface area contributed by atoms with E-state index in [-0.39, 0.29) is 11.9 Å². The summed E-state index contributed by atoms with van der Waals surface area (Å²) in [7, 11) is 0. The zero-order valence-corrected chi connectivity index (χ0v) is 17.9. The van der Waals surface area contributed by atoms with Crippen molar-refractivity contribution in [3.05, 3.63) is 65.4 Å². The Labute approximate surface area is 177 Å². The molecule has 0 spiro atoms. The number of rotatable bonds is 6. The lowest BCUT2D eigenvalue weighted by molar-refractivity contribution is 0.0918. The minimum absolute atomic E-state index is 0.0691. The first-order chi connectivity index (χ1) is 14.5. The molecular weight excluding hydrogens is 376 g/mol. The third-order valence-corrected chi connectivity index (χ3v) is 5.87. The van der Waals surface area contributed by atoms with Crippen LogP contribution >= 0.6 is 0 Å². The molecule has 5 nitrogen and oxygen atoms in total. The minimum Gasteiger partial charge on any atom is -0.489 e. The fourth-order valence-corrected chi connectivity index (χ4v) is 4.38. The van der Waals surface area contributed by atoms with Crippen LogP contribution in [0.3, 0.4) is 0 Å². The Hall–Kier alpha value is -2.79. The third-order valence-electron chi connectivity index (χ3n) is 5.87. The topological polar surface area (TPSA) is 63.5 Å². The maximum absolute atomic E-state index is 13.2. The van der Waals surface area contributed by atoms with Crippen LogP contribution in [0.15, 0.2) is 52.9 Å². The highest BCUT2D eigenvalue weighted by Crippen LogP contribution is 2.30. The molecule has 0 bridgehead atoms. The summed E-state index contributed by atoms with van der Waals surface area (Å²) in [5.74, 6) is 1.29. The molecule has 1 aromatic heterocycles. The monoisotopic (exact) mass is 406 g/mol. The summed E-state index contributed by atoms with van der Waals surface area (Å²) >= 11 is 0. The van der Waals surface area contributed by atoms with Gasteiger partial charge in [0.15, 0.2) is 0 Å². The van der Waals surface area contributed by atoms with Crippen molar-refractivity contribution < 1.29 is 13.9 Å². The van der Waals surface area contributed by atoms with Crippen LogP contribution in [-0.4, -0.2) is 24.0 Å². The molecular formula is C25H30N2O3. The fraction of sp³-hybridized carbons (Fsp3) is 0.400. The molecule has 5 heteroatoms. The molecule has 2 heterocycles. The summed E-state index contributed by atoms with van der Waals surface area (Å²) < 4.78 is 11.8. The van der Waals surface area contributed by atoms with Gasteiger partial charge in [-0.25, -0.2) is 0 Å². The highest BCUT2D eigenvalue weighted by atomic mass is 16.5. The van der Waals surface area contributed by atoms with Gasteiger partial charge in [0.1, 0.15) is 23.7 Å². The molecule has 2 aromatic carbocycles. The number of hydrogen-bond donors (Lipinski definition) is 2. The van der Waals surface area contributed by atoms with E-state index in [4.69, 9.17) is 9.15 Å². The van der Waals surface area contributed by atoms with Gasteiger partial charge in [-0.05, 0) is 56.9 Å². The summed E-state index contributed by atoms with van der Waals surface area (Å²) in [5.41, 5.74) is 2.41. The minimum atomic E-state index is -0.0691. The van der Waals surface area contributed by atoms with Gasteiger partial charge in [-0.1, -0.05) is 37.3 Å². The van der Waals surface area contributed by atoms with Crippen LogP contribution in [0.25, 0.3) is 11.0 Å². The molecule has 3 unspecified atom stereocenters. The Morgan fingerprint density at radius 1 is 1.20 bits per heavy atom. The number of benzene rings is 2. The SMILES string of the molecule is CCC1CC(NC(=O)c2c(C)oc3ccc(OCc4ccccc4)cc23)CC(C)N1. The Balaban J connectivity index is 1.52. The van der Waals surface area contributed by atoms with Crippen molar-refractivity contribution in [3.8, 4) is 5.75 Å². The van der Waals surface area contributed by atoms with E-state index >= 15 is 0 Å². The highest BCUT2D eigenvalue weighted by Gasteiger charge is 2.28. The van der Waals surface area contributed by atoms with E-state index < -0.39 is 0 Å². The lowest BCUT2D eigenvalue weighted by Gasteiger charge is -2.34. The van der Waals surface area contributed by atoms with Gasteiger partial charge in [0.25, 0.3) is 5.91 Å². The van der Waals surface area contributed by atoms with Crippen molar-refractivity contribution in [3.63, 3.8) is 0 Å². The number of furan rings is 1. The lowest BCUT2D eigenvalue weighted by Crippen LogP contribution is -2.51. The second-order valence-corrected chi connectivity index (χ2v) is 8.28. The zero-order chi connectivity index (χ0) is 21.1. The van der Waals surface area contributed by atoms with Crippen LogP contribution in [0.2, 0.25) is 0 Å². The first kappa shape index (κ1) is 20.5. The predicted octanol–water partition coefficient (Wildman–Crippen LogP) is 4.97. The third kappa shape index (κ3) is 4.51. The summed E-state index contributed by atoms with van der Waals surface area (Å²) in [6, 6.07) is 16.7. The van der Waals surface area contributed by atoms with E-state index in [1.165, 1.54) is 0 Å². The van der Waals surface area contributed by atoms with Gasteiger partial charge in [0.05, 0.1) is 5.56 Å². The van der Waals surface area contributed by atoms with E-state index in [1.807, 2.05) is 55.5 Å². The largest absolute Gasteiger partial charge is 0.489 e. The fourth-order valence-electron chi connectivity index (χ4n) is 4.38. The first-order valence-corrected chi connectivity index (χ1v) is 10.8. The Bertz CT molecular complexity index is 1010. The predicted molar refractivity (Wildman–Crippen MR) is 119 cm³/mol. The Morgan fingerprint density at radius 2 is 2.00 bits per heavy atom. The van der Waals surface area contributed by atoms with Crippen molar-refractivity contribution in [1.29, 1.82) is 0 Å². The average Bonchev–Trinajstić information content (AvgIpc) is 3.07. The van der Waals surface area contributed by atoms with Crippen molar-refractivity contribution in [2.75, 3.05) is 0 Å². The summed E-state index contributed by atoms with van der Waals surface area (Å²) in [6.45, 7) is 6.69. The highest BCUT2D eigenvalue weighted by molar-refractivity contribution is 6.07. The number of aryl methyl sites for hydroxylation is 1. The zero-order valence-electron chi connectivity index (χ0n) is 17.9. The number of nitrogens with one attached hydrogen (secondary N) is 2. The molecule has 3 aromatic rings. The van der Waals surface area contributed by atoms with E-state index in [0.29, 0.717) is 35.6 Å². The molecule has 0 saturated carbocycles. The van der Waals surface area contributed by atoms with E-state index in [1.54, 1.807) is 0 Å². The number of carbonyl (C=O) groups is 1. The molecule has 0 aliphatic carbocycles. The number of amides is 1. The van der Waals surface area contributed by atoms with Gasteiger partial charge in [0.2, 0.25) is 0 Å². The maximum atomic E-state index is 13.2. The van der Waals surface area contributed by atoms with Crippen LogP contribution in [0.4, 0.5) is 0 Å². The van der Waals surface area contributed by atoms with Gasteiger partial charge in [-0.15, -0.1) is 0 Å². The van der Waals surface area contributed by atoms with Gasteiger partial charge >= 0.3 is 0 Å². The van der Waals surface area contributed by atoms with Crippen LogP contribution in [0.5, 0.6) is 5.75 Å². The maximum Gasteiger partial charge on any atom is 0.255 e. The van der Waals surface area contributed by atoms with Gasteiger partial charge in [0, 0.05) is 23.5 Å². The van der Waals surface area contributed by atoms with Crippen LogP contribution < -0.4 is 15.4 Å². The van der Waals surface area contributed by atoms with Crippen LogP contribution in [0.1, 0.15) is 54.8 Å². The number of fused-ring (bicyclic) bond motifs is 1. The van der Waals surface area contributed by atoms with Crippen molar-refractivity contribution >= 4 is 16.9 Å². The standard InChI is InChI=1S/C25H30N2O3/c1-4-19-13-20(12-16(2)26-19)27-25(28)24-17(3)30-23-11-10-21(14-22(23)24)29-15-18-8-6-5-7-9-18/h5-11,14,16,19-20,26H,4,12-13,15H2,1-3H3,(H,27,28). The van der Waals surface area contributed by atoms with Gasteiger partial charge in [-0.3, -0.25) is 4.79 Å². The van der Waals surface area contributed by atoms with Crippen molar-refractivity contribution in [2.45, 2.75) is 64.8 Å². The molecule has 1 aliphatic rings. The molecule has 30 heavy (non-hydrogen) atoms. The number of carbonyl (C=O) groups excluding carboxylic acids is 1. The molecule has 1 fully saturated rings. The van der Waals surface area contributed by atoms with Gasteiger partial charge < -0.3 is 19.8 Å². The summed E-state index contributed by atoms with van der Waals surface area (Å²) in [6.07, 6.45) is 2.95. The number of hydrogen-bond acceptors (Lipinski definition) is 4. The Kier molecular flexibility index (Phi) is 6.09. The van der Waals surface area contributed by atoms with Crippen LogP contribution in [0, 0.1) is 6.92 Å². The van der Waals surface area contributed by atoms with Crippen molar-refractivity contribution in [2.24, 2.45) is 0 Å². The van der Waals surface area contributed by atoms with E-state index in [0.717, 1.165) is 36.0 Å². The molecule has 1 amide bonds. The molecule has 1 saturated heterocycles. The van der Waals surface area contributed by atoms with E-state index in [9.17, 15) is 4.79 Å². The Morgan fingerprint density at radius 3 is 2.77 bits per heavy atom.